The van der Waals surface area contributed by atoms with Gasteiger partial charge in [0.25, 0.3) is 0 Å². The van der Waals surface area contributed by atoms with E-state index in [4.69, 9.17) is 9.47 Å². The van der Waals surface area contributed by atoms with Crippen LogP contribution < -0.4 is 0 Å². The molecule has 1 aliphatic heterocycles. The second-order valence-corrected chi connectivity index (χ2v) is 5.69. The van der Waals surface area contributed by atoms with Crippen LogP contribution in [0.2, 0.25) is 0 Å². The fourth-order valence-corrected chi connectivity index (χ4v) is 1.77. The summed E-state index contributed by atoms with van der Waals surface area (Å²) in [7, 11) is 0. The number of piperidine rings is 1. The summed E-state index contributed by atoms with van der Waals surface area (Å²) in [5.41, 5.74) is -0.595. The summed E-state index contributed by atoms with van der Waals surface area (Å²) in [5.74, 6) is -0.699. The van der Waals surface area contributed by atoms with E-state index in [1.807, 2.05) is 0 Å². The van der Waals surface area contributed by atoms with Crippen LogP contribution in [0.25, 0.3) is 0 Å². The molecule has 118 valence electrons. The molecule has 0 saturated carbocycles. The lowest BCUT2D eigenvalue weighted by Gasteiger charge is -2.31. The van der Waals surface area contributed by atoms with Gasteiger partial charge in [0.2, 0.25) is 0 Å². The van der Waals surface area contributed by atoms with Crippen molar-refractivity contribution in [2.75, 3.05) is 19.7 Å². The van der Waals surface area contributed by atoms with Crippen LogP contribution in [0.5, 0.6) is 0 Å². The number of esters is 1. The van der Waals surface area contributed by atoms with E-state index in [9.17, 15) is 14.4 Å². The molecule has 1 amide bonds. The molecule has 0 spiro atoms. The topological polar surface area (TPSA) is 85.3 Å². The standard InChI is InChI=1S/C14H22N2O5/c1-5-20-12(18)8-15-10-9-16(7-6-11(10)17)13(19)21-14(2,3)4/h8,10H,5-7,9H2,1-4H3. The highest BCUT2D eigenvalue weighted by Crippen LogP contribution is 2.15. The van der Waals surface area contributed by atoms with Crippen molar-refractivity contribution in [2.24, 2.45) is 4.99 Å². The number of hydrogen-bond acceptors (Lipinski definition) is 6. The van der Waals surface area contributed by atoms with Gasteiger partial charge in [-0.2, -0.15) is 0 Å². The molecular weight excluding hydrogens is 276 g/mol. The van der Waals surface area contributed by atoms with Crippen LogP contribution in [-0.2, 0) is 19.1 Å². The first-order valence-corrected chi connectivity index (χ1v) is 6.93. The van der Waals surface area contributed by atoms with E-state index in [2.05, 4.69) is 4.99 Å². The molecule has 0 aromatic carbocycles. The average molecular weight is 298 g/mol. The van der Waals surface area contributed by atoms with E-state index in [0.717, 1.165) is 6.21 Å². The highest BCUT2D eigenvalue weighted by molar-refractivity contribution is 6.23. The smallest absolute Gasteiger partial charge is 0.410 e. The maximum absolute atomic E-state index is 12.0. The molecule has 7 heteroatoms. The number of ketones is 1. The molecule has 7 nitrogen and oxygen atoms in total. The Hall–Kier alpha value is -1.92. The summed E-state index contributed by atoms with van der Waals surface area (Å²) in [6.45, 7) is 7.67. The third kappa shape index (κ3) is 5.93. The molecular formula is C14H22N2O5. The molecule has 1 saturated heterocycles. The van der Waals surface area contributed by atoms with Gasteiger partial charge in [-0.25, -0.2) is 9.59 Å². The Balaban J connectivity index is 2.63. The zero-order valence-electron chi connectivity index (χ0n) is 12.9. The van der Waals surface area contributed by atoms with Crippen molar-refractivity contribution < 1.29 is 23.9 Å². The Bertz CT molecular complexity index is 439. The number of carbonyl (C=O) groups excluding carboxylic acids is 3. The summed E-state index contributed by atoms with van der Waals surface area (Å²) >= 11 is 0. The quantitative estimate of drug-likeness (QED) is 0.577. The number of nitrogens with zero attached hydrogens (tertiary/aromatic N) is 2. The van der Waals surface area contributed by atoms with Gasteiger partial charge < -0.3 is 14.4 Å². The Morgan fingerprint density at radius 1 is 1.43 bits per heavy atom. The van der Waals surface area contributed by atoms with E-state index in [1.165, 1.54) is 4.90 Å². The molecule has 0 N–H and O–H groups in total. The van der Waals surface area contributed by atoms with Crippen molar-refractivity contribution in [3.63, 3.8) is 0 Å². The molecule has 1 unspecified atom stereocenters. The van der Waals surface area contributed by atoms with E-state index in [1.54, 1.807) is 27.7 Å². The van der Waals surface area contributed by atoms with Crippen LogP contribution in [0.4, 0.5) is 4.79 Å². The molecule has 0 aliphatic carbocycles. The summed E-state index contributed by atoms with van der Waals surface area (Å²) in [4.78, 5) is 40.3. The first-order valence-electron chi connectivity index (χ1n) is 6.93. The SMILES string of the molecule is CCOC(=O)C=NC1CN(C(=O)OC(C)(C)C)CCC1=O. The van der Waals surface area contributed by atoms with Gasteiger partial charge in [0.05, 0.1) is 13.2 Å². The molecule has 1 rings (SSSR count). The molecule has 0 bridgehead atoms. The number of ether oxygens (including phenoxy) is 2. The molecule has 1 heterocycles. The number of amides is 1. The van der Waals surface area contributed by atoms with Crippen molar-refractivity contribution in [2.45, 2.75) is 45.8 Å². The van der Waals surface area contributed by atoms with Crippen LogP contribution in [0.1, 0.15) is 34.1 Å². The Morgan fingerprint density at radius 2 is 2.10 bits per heavy atom. The number of aliphatic imine (C=N–C) groups is 1. The predicted octanol–water partition coefficient (Wildman–Crippen LogP) is 1.20. The normalized spacial score (nSPS) is 19.7. The zero-order chi connectivity index (χ0) is 16.0. The van der Waals surface area contributed by atoms with Gasteiger partial charge in [-0.3, -0.25) is 9.79 Å². The summed E-state index contributed by atoms with van der Waals surface area (Å²) in [6.07, 6.45) is 0.709. The fraction of sp³-hybridized carbons (Fsp3) is 0.714. The zero-order valence-corrected chi connectivity index (χ0v) is 12.9. The number of hydrogen-bond donors (Lipinski definition) is 0. The Kier molecular flexibility index (Phi) is 5.87. The molecule has 21 heavy (non-hydrogen) atoms. The van der Waals surface area contributed by atoms with Gasteiger partial charge in [-0.1, -0.05) is 0 Å². The molecule has 0 aromatic heterocycles. The van der Waals surface area contributed by atoms with Gasteiger partial charge in [0.1, 0.15) is 17.9 Å². The van der Waals surface area contributed by atoms with Gasteiger partial charge in [0.15, 0.2) is 5.78 Å². The number of likely N-dealkylation sites (tertiary alicyclic amines) is 1. The molecule has 1 aliphatic rings. The number of carbonyl (C=O) groups is 3. The predicted molar refractivity (Wildman–Crippen MR) is 76.3 cm³/mol. The molecule has 0 radical (unpaired) electrons. The molecule has 1 atom stereocenters. The number of rotatable bonds is 3. The number of Topliss-reactive ketones (excluding diaryl/α,β-unsaturated/α-hetero) is 1. The maximum Gasteiger partial charge on any atom is 0.410 e. The van der Waals surface area contributed by atoms with Gasteiger partial charge in [0, 0.05) is 13.0 Å². The minimum Gasteiger partial charge on any atom is -0.462 e. The largest absolute Gasteiger partial charge is 0.462 e. The highest BCUT2D eigenvalue weighted by atomic mass is 16.6. The van der Waals surface area contributed by atoms with Gasteiger partial charge in [-0.15, -0.1) is 0 Å². The first-order chi connectivity index (χ1) is 9.73. The minimum atomic E-state index is -0.740. The third-order valence-corrected chi connectivity index (χ3v) is 2.69. The summed E-state index contributed by atoms with van der Waals surface area (Å²) in [6, 6.07) is -0.740. The molecule has 1 fully saturated rings. The van der Waals surface area contributed by atoms with E-state index in [0.29, 0.717) is 6.54 Å². The molecule has 0 aromatic rings. The summed E-state index contributed by atoms with van der Waals surface area (Å²) < 4.78 is 9.96. The lowest BCUT2D eigenvalue weighted by molar-refractivity contribution is -0.134. The second kappa shape index (κ2) is 7.19. The van der Waals surface area contributed by atoms with Gasteiger partial charge in [-0.05, 0) is 27.7 Å². The van der Waals surface area contributed by atoms with E-state index < -0.39 is 23.7 Å². The Morgan fingerprint density at radius 3 is 2.67 bits per heavy atom. The van der Waals surface area contributed by atoms with Crippen molar-refractivity contribution >= 4 is 24.1 Å². The summed E-state index contributed by atoms with van der Waals surface area (Å²) in [5, 5.41) is 0. The van der Waals surface area contributed by atoms with Crippen LogP contribution in [0.3, 0.4) is 0 Å². The first kappa shape index (κ1) is 17.1. The van der Waals surface area contributed by atoms with E-state index >= 15 is 0 Å². The second-order valence-electron chi connectivity index (χ2n) is 5.69. The van der Waals surface area contributed by atoms with Crippen LogP contribution in [0.15, 0.2) is 4.99 Å². The van der Waals surface area contributed by atoms with Gasteiger partial charge >= 0.3 is 12.1 Å². The van der Waals surface area contributed by atoms with Crippen LogP contribution >= 0.6 is 0 Å². The maximum atomic E-state index is 12.0. The van der Waals surface area contributed by atoms with E-state index in [-0.39, 0.29) is 25.4 Å². The van der Waals surface area contributed by atoms with Crippen molar-refractivity contribution in [3.05, 3.63) is 0 Å². The Labute approximate surface area is 124 Å². The van der Waals surface area contributed by atoms with Crippen LogP contribution in [0, 0.1) is 0 Å². The fourth-order valence-electron chi connectivity index (χ4n) is 1.77. The van der Waals surface area contributed by atoms with Crippen molar-refractivity contribution in [1.29, 1.82) is 0 Å². The van der Waals surface area contributed by atoms with Crippen molar-refractivity contribution in [1.82, 2.24) is 4.90 Å². The highest BCUT2D eigenvalue weighted by Gasteiger charge is 2.31. The van der Waals surface area contributed by atoms with Crippen LogP contribution in [-0.4, -0.2) is 60.3 Å². The monoisotopic (exact) mass is 298 g/mol. The third-order valence-electron chi connectivity index (χ3n) is 2.69. The van der Waals surface area contributed by atoms with Crippen molar-refractivity contribution in [3.8, 4) is 0 Å². The minimum absolute atomic E-state index is 0.102. The average Bonchev–Trinajstić information content (AvgIpc) is 2.36. The lowest BCUT2D eigenvalue weighted by atomic mass is 10.1. The lowest BCUT2D eigenvalue weighted by Crippen LogP contribution is -2.48.